The Labute approximate surface area is 84.9 Å². The summed E-state index contributed by atoms with van der Waals surface area (Å²) in [6, 6.07) is 0. The van der Waals surface area contributed by atoms with E-state index in [0.717, 1.165) is 0 Å². The first-order valence-electron chi connectivity index (χ1n) is 5.28. The van der Waals surface area contributed by atoms with Crippen molar-refractivity contribution in [1.29, 1.82) is 0 Å². The number of halogens is 3. The summed E-state index contributed by atoms with van der Waals surface area (Å²) in [6.07, 6.45) is -2.92. The molecule has 0 aromatic rings. The van der Waals surface area contributed by atoms with Crippen LogP contribution in [-0.2, 0) is 0 Å². The number of rotatable bonds is 4. The first-order valence-corrected chi connectivity index (χ1v) is 5.28. The van der Waals surface area contributed by atoms with Crippen molar-refractivity contribution in [3.8, 4) is 0 Å². The van der Waals surface area contributed by atoms with E-state index in [-0.39, 0.29) is 11.8 Å². The lowest BCUT2D eigenvalue weighted by Crippen LogP contribution is -2.45. The summed E-state index contributed by atoms with van der Waals surface area (Å²) in [5.74, 6) is -0.644. The van der Waals surface area contributed by atoms with Crippen molar-refractivity contribution >= 4 is 0 Å². The molecule has 0 heterocycles. The van der Waals surface area contributed by atoms with Crippen molar-refractivity contribution in [2.75, 3.05) is 0 Å². The van der Waals surface area contributed by atoms with Crippen molar-refractivity contribution in [3.05, 3.63) is 0 Å². The van der Waals surface area contributed by atoms with Gasteiger partial charge in [0, 0.05) is 0 Å². The molecule has 14 heavy (non-hydrogen) atoms. The van der Waals surface area contributed by atoms with Gasteiger partial charge in [0.1, 0.15) is 0 Å². The molecule has 0 saturated carbocycles. The highest BCUT2D eigenvalue weighted by atomic mass is 19.4. The maximum atomic E-state index is 13.0. The average molecular weight is 210 g/mol. The van der Waals surface area contributed by atoms with Crippen LogP contribution in [0.4, 0.5) is 13.2 Å². The molecule has 0 aliphatic rings. The van der Waals surface area contributed by atoms with Crippen molar-refractivity contribution in [2.24, 2.45) is 17.3 Å². The lowest BCUT2D eigenvalue weighted by molar-refractivity contribution is -0.253. The Bertz CT molecular complexity index is 168. The maximum absolute atomic E-state index is 13.0. The van der Waals surface area contributed by atoms with Crippen LogP contribution in [0.15, 0.2) is 0 Å². The molecule has 0 amide bonds. The summed E-state index contributed by atoms with van der Waals surface area (Å²) in [5, 5.41) is 0. The van der Waals surface area contributed by atoms with Gasteiger partial charge in [-0.05, 0) is 11.8 Å². The van der Waals surface area contributed by atoms with Gasteiger partial charge in [0.05, 0.1) is 5.41 Å². The van der Waals surface area contributed by atoms with Gasteiger partial charge in [-0.3, -0.25) is 0 Å². The van der Waals surface area contributed by atoms with Crippen LogP contribution in [-0.4, -0.2) is 6.18 Å². The maximum Gasteiger partial charge on any atom is 0.394 e. The molecule has 0 rings (SSSR count). The minimum atomic E-state index is -4.10. The zero-order valence-electron chi connectivity index (χ0n) is 9.70. The number of hydrogen-bond acceptors (Lipinski definition) is 0. The molecule has 0 fully saturated rings. The molecule has 0 aromatic heterocycles. The largest absolute Gasteiger partial charge is 0.394 e. The quantitative estimate of drug-likeness (QED) is 0.633. The minimum Gasteiger partial charge on any atom is -0.170 e. The Balaban J connectivity index is 5.08. The fraction of sp³-hybridized carbons (Fsp3) is 1.00. The van der Waals surface area contributed by atoms with Gasteiger partial charge in [-0.15, -0.1) is 0 Å². The highest BCUT2D eigenvalue weighted by molar-refractivity contribution is 4.90. The minimum absolute atomic E-state index is 0.275. The third kappa shape index (κ3) is 2.23. The second-order valence-corrected chi connectivity index (χ2v) is 4.45. The van der Waals surface area contributed by atoms with Gasteiger partial charge in [-0.25, -0.2) is 0 Å². The van der Waals surface area contributed by atoms with Crippen LogP contribution in [0, 0.1) is 17.3 Å². The van der Waals surface area contributed by atoms with Crippen molar-refractivity contribution in [1.82, 2.24) is 0 Å². The van der Waals surface area contributed by atoms with Gasteiger partial charge < -0.3 is 0 Å². The van der Waals surface area contributed by atoms with Crippen LogP contribution in [0.5, 0.6) is 0 Å². The highest BCUT2D eigenvalue weighted by Crippen LogP contribution is 2.51. The average Bonchev–Trinajstić information content (AvgIpc) is 2.03. The van der Waals surface area contributed by atoms with Crippen LogP contribution in [0.2, 0.25) is 0 Å². The van der Waals surface area contributed by atoms with E-state index < -0.39 is 11.6 Å². The second kappa shape index (κ2) is 4.54. The monoisotopic (exact) mass is 210 g/mol. The molecule has 3 heteroatoms. The van der Waals surface area contributed by atoms with Gasteiger partial charge in [-0.2, -0.15) is 13.2 Å². The zero-order chi connectivity index (χ0) is 11.6. The van der Waals surface area contributed by atoms with Crippen molar-refractivity contribution in [3.63, 3.8) is 0 Å². The Kier molecular flexibility index (Phi) is 4.47. The SMILES string of the molecule is CCC(CC)[C@](C)(C(C)C)C(F)(F)F. The molecule has 0 nitrogen and oxygen atoms in total. The van der Waals surface area contributed by atoms with E-state index in [9.17, 15) is 13.2 Å². The van der Waals surface area contributed by atoms with Crippen LogP contribution >= 0.6 is 0 Å². The molecule has 0 aromatic carbocycles. The van der Waals surface area contributed by atoms with Crippen LogP contribution < -0.4 is 0 Å². The highest BCUT2D eigenvalue weighted by Gasteiger charge is 2.56. The lowest BCUT2D eigenvalue weighted by Gasteiger charge is -2.42. The van der Waals surface area contributed by atoms with E-state index >= 15 is 0 Å². The number of hydrogen-bond donors (Lipinski definition) is 0. The molecular weight excluding hydrogens is 189 g/mol. The summed E-state index contributed by atoms with van der Waals surface area (Å²) >= 11 is 0. The molecule has 0 aliphatic carbocycles. The predicted octanol–water partition coefficient (Wildman–Crippen LogP) is 4.65. The Hall–Kier alpha value is -0.210. The normalized spacial score (nSPS) is 17.6. The first kappa shape index (κ1) is 13.8. The first-order chi connectivity index (χ1) is 6.21. The second-order valence-electron chi connectivity index (χ2n) is 4.45. The summed E-state index contributed by atoms with van der Waals surface area (Å²) < 4.78 is 38.9. The standard InChI is InChI=1S/C11H21F3/c1-6-9(7-2)10(5,8(3)4)11(12,13)14/h8-9H,6-7H2,1-5H3/t10-/m0/s1. The molecular formula is C11H21F3. The Morgan fingerprint density at radius 2 is 1.36 bits per heavy atom. The molecule has 0 aliphatic heterocycles. The lowest BCUT2D eigenvalue weighted by atomic mass is 9.66. The van der Waals surface area contributed by atoms with E-state index in [0.29, 0.717) is 12.8 Å². The van der Waals surface area contributed by atoms with Crippen LogP contribution in [0.1, 0.15) is 47.5 Å². The Morgan fingerprint density at radius 3 is 1.43 bits per heavy atom. The van der Waals surface area contributed by atoms with Crippen LogP contribution in [0.3, 0.4) is 0 Å². The summed E-state index contributed by atoms with van der Waals surface area (Å²) in [7, 11) is 0. The third-order valence-corrected chi connectivity index (χ3v) is 3.64. The molecule has 0 unspecified atom stereocenters. The molecule has 0 saturated heterocycles. The van der Waals surface area contributed by atoms with E-state index in [1.54, 1.807) is 13.8 Å². The van der Waals surface area contributed by atoms with E-state index in [4.69, 9.17) is 0 Å². The van der Waals surface area contributed by atoms with E-state index in [2.05, 4.69) is 0 Å². The molecule has 0 radical (unpaired) electrons. The Morgan fingerprint density at radius 1 is 1.00 bits per heavy atom. The summed E-state index contributed by atoms with van der Waals surface area (Å²) in [4.78, 5) is 0. The topological polar surface area (TPSA) is 0 Å². The van der Waals surface area contributed by atoms with Gasteiger partial charge in [-0.1, -0.05) is 47.5 Å². The zero-order valence-corrected chi connectivity index (χ0v) is 9.70. The van der Waals surface area contributed by atoms with Gasteiger partial charge in [0.15, 0.2) is 0 Å². The van der Waals surface area contributed by atoms with Gasteiger partial charge >= 0.3 is 6.18 Å². The molecule has 86 valence electrons. The molecule has 0 N–H and O–H groups in total. The third-order valence-electron chi connectivity index (χ3n) is 3.64. The van der Waals surface area contributed by atoms with Crippen molar-refractivity contribution in [2.45, 2.75) is 53.6 Å². The van der Waals surface area contributed by atoms with Gasteiger partial charge in [0.2, 0.25) is 0 Å². The molecule has 0 bridgehead atoms. The fourth-order valence-electron chi connectivity index (χ4n) is 2.17. The molecule has 1 atom stereocenters. The van der Waals surface area contributed by atoms with E-state index in [1.807, 2.05) is 13.8 Å². The van der Waals surface area contributed by atoms with Gasteiger partial charge in [0.25, 0.3) is 0 Å². The van der Waals surface area contributed by atoms with Crippen molar-refractivity contribution < 1.29 is 13.2 Å². The summed E-state index contributed by atoms with van der Waals surface area (Å²) in [5.41, 5.74) is -1.55. The smallest absolute Gasteiger partial charge is 0.170 e. The number of alkyl halides is 3. The van der Waals surface area contributed by atoms with Crippen LogP contribution in [0.25, 0.3) is 0 Å². The predicted molar refractivity (Wildman–Crippen MR) is 53.1 cm³/mol. The van der Waals surface area contributed by atoms with E-state index in [1.165, 1.54) is 6.92 Å². The fourth-order valence-corrected chi connectivity index (χ4v) is 2.17. The molecule has 0 spiro atoms. The summed E-state index contributed by atoms with van der Waals surface area (Å²) in [6.45, 7) is 8.34.